The van der Waals surface area contributed by atoms with Gasteiger partial charge in [-0.2, -0.15) is 0 Å². The predicted octanol–water partition coefficient (Wildman–Crippen LogP) is 3.29. The lowest BCUT2D eigenvalue weighted by Crippen LogP contribution is -2.40. The summed E-state index contributed by atoms with van der Waals surface area (Å²) in [5.74, 6) is 0.835. The fourth-order valence-corrected chi connectivity index (χ4v) is 2.55. The minimum absolute atomic E-state index is 0. The molecule has 0 aliphatic carbocycles. The van der Waals surface area contributed by atoms with Crippen LogP contribution in [-0.4, -0.2) is 57.1 Å². The topological polar surface area (TPSA) is 66.0 Å². The second kappa shape index (κ2) is 12.7. The number of aliphatic imine (C=N–C) groups is 1. The van der Waals surface area contributed by atoms with Crippen LogP contribution in [0.3, 0.4) is 0 Å². The fraction of sp³-hybridized carbons (Fsp3) is 0.467. The van der Waals surface area contributed by atoms with Gasteiger partial charge in [0.15, 0.2) is 11.7 Å². The van der Waals surface area contributed by atoms with Gasteiger partial charge in [0.2, 0.25) is 5.91 Å². The zero-order valence-corrected chi connectivity index (χ0v) is 18.8. The van der Waals surface area contributed by atoms with Gasteiger partial charge < -0.3 is 20.3 Å². The van der Waals surface area contributed by atoms with Gasteiger partial charge in [-0.05, 0) is 19.1 Å². The van der Waals surface area contributed by atoms with Crippen molar-refractivity contribution >= 4 is 70.6 Å². The lowest BCUT2D eigenvalue weighted by molar-refractivity contribution is -0.127. The van der Waals surface area contributed by atoms with E-state index in [-0.39, 0.29) is 36.4 Å². The van der Waals surface area contributed by atoms with Crippen LogP contribution in [0.5, 0.6) is 5.75 Å². The number of nitrogens with one attached hydrogen (secondary N) is 2. The highest BCUT2D eigenvalue weighted by Crippen LogP contribution is 2.35. The fourth-order valence-electron chi connectivity index (χ4n) is 1.62. The van der Waals surface area contributed by atoms with E-state index < -0.39 is 0 Å². The average Bonchev–Trinajstić information content (AvgIpc) is 2.50. The molecule has 0 aliphatic heterocycles. The number of amides is 1. The Bertz CT molecular complexity index is 577. The van der Waals surface area contributed by atoms with Crippen LogP contribution >= 0.6 is 58.8 Å². The quantitative estimate of drug-likeness (QED) is 0.249. The van der Waals surface area contributed by atoms with Crippen molar-refractivity contribution in [3.05, 3.63) is 27.2 Å². The number of halogens is 4. The first-order valence-electron chi connectivity index (χ1n) is 7.34. The summed E-state index contributed by atoms with van der Waals surface area (Å²) < 4.78 is 5.57. The van der Waals surface area contributed by atoms with Crippen LogP contribution in [0.2, 0.25) is 15.1 Å². The van der Waals surface area contributed by atoms with E-state index in [9.17, 15) is 4.79 Å². The number of carbonyl (C=O) groups excluding carboxylic acids is 1. The zero-order valence-electron chi connectivity index (χ0n) is 14.2. The Morgan fingerprint density at radius 2 is 1.80 bits per heavy atom. The molecule has 0 heterocycles. The monoisotopic (exact) mass is 522 g/mol. The molecule has 142 valence electrons. The summed E-state index contributed by atoms with van der Waals surface area (Å²) in [5.41, 5.74) is 0. The maximum atomic E-state index is 11.6. The molecule has 25 heavy (non-hydrogen) atoms. The van der Waals surface area contributed by atoms with E-state index >= 15 is 0 Å². The van der Waals surface area contributed by atoms with E-state index in [1.807, 2.05) is 6.92 Å². The smallest absolute Gasteiger partial charge is 0.243 e. The molecule has 1 aromatic carbocycles. The predicted molar refractivity (Wildman–Crippen MR) is 115 cm³/mol. The van der Waals surface area contributed by atoms with Crippen LogP contribution in [0.4, 0.5) is 0 Å². The van der Waals surface area contributed by atoms with Gasteiger partial charge in [-0.3, -0.25) is 4.79 Å². The SMILES string of the molecule is CCNC(=NCC(=O)N(C)C)NCCOc1c(Cl)cc(Cl)cc1Cl.I. The van der Waals surface area contributed by atoms with Crippen LogP contribution in [0.25, 0.3) is 0 Å². The summed E-state index contributed by atoms with van der Waals surface area (Å²) in [4.78, 5) is 17.3. The second-order valence-electron chi connectivity index (χ2n) is 4.96. The highest BCUT2D eigenvalue weighted by molar-refractivity contribution is 14.0. The number of likely N-dealkylation sites (N-methyl/N-ethyl adjacent to an activating group) is 1. The van der Waals surface area contributed by atoms with E-state index in [0.29, 0.717) is 46.5 Å². The van der Waals surface area contributed by atoms with Crippen molar-refractivity contribution in [2.45, 2.75) is 6.92 Å². The standard InChI is InChI=1S/C15H21Cl3N4O2.HI/c1-4-19-15(21-9-13(23)22(2)3)20-5-6-24-14-11(17)7-10(16)8-12(14)18;/h7-8H,4-6,9H2,1-3H3,(H2,19,20,21);1H. The minimum Gasteiger partial charge on any atom is -0.489 e. The molecule has 1 amide bonds. The Hall–Kier alpha value is -0.640. The summed E-state index contributed by atoms with van der Waals surface area (Å²) in [6.45, 7) is 3.45. The Balaban J connectivity index is 0.00000576. The summed E-state index contributed by atoms with van der Waals surface area (Å²) in [6, 6.07) is 3.13. The van der Waals surface area contributed by atoms with Gasteiger partial charge in [0, 0.05) is 25.7 Å². The maximum absolute atomic E-state index is 11.6. The van der Waals surface area contributed by atoms with Crippen molar-refractivity contribution < 1.29 is 9.53 Å². The molecule has 0 fully saturated rings. The van der Waals surface area contributed by atoms with Crippen molar-refractivity contribution in [2.24, 2.45) is 4.99 Å². The van der Waals surface area contributed by atoms with E-state index in [1.54, 1.807) is 26.2 Å². The van der Waals surface area contributed by atoms with E-state index in [2.05, 4.69) is 15.6 Å². The van der Waals surface area contributed by atoms with Gasteiger partial charge in [0.1, 0.15) is 13.2 Å². The second-order valence-corrected chi connectivity index (χ2v) is 6.21. The normalized spacial score (nSPS) is 10.7. The first-order chi connectivity index (χ1) is 11.3. The molecule has 1 aromatic rings. The molecule has 0 unspecified atom stereocenters. The van der Waals surface area contributed by atoms with Crippen LogP contribution in [-0.2, 0) is 4.79 Å². The largest absolute Gasteiger partial charge is 0.489 e. The molecule has 1 rings (SSSR count). The minimum atomic E-state index is -0.0804. The van der Waals surface area contributed by atoms with E-state index in [4.69, 9.17) is 39.5 Å². The van der Waals surface area contributed by atoms with Gasteiger partial charge in [-0.1, -0.05) is 34.8 Å². The average molecular weight is 524 g/mol. The maximum Gasteiger partial charge on any atom is 0.243 e. The summed E-state index contributed by atoms with van der Waals surface area (Å²) >= 11 is 17.9. The summed E-state index contributed by atoms with van der Waals surface area (Å²) in [6.07, 6.45) is 0. The number of hydrogen-bond donors (Lipinski definition) is 2. The number of rotatable bonds is 7. The molecule has 0 spiro atoms. The molecule has 0 aliphatic rings. The number of ether oxygens (including phenoxy) is 1. The molecule has 0 atom stereocenters. The Kier molecular flexibility index (Phi) is 12.3. The van der Waals surface area contributed by atoms with Crippen molar-refractivity contribution in [3.63, 3.8) is 0 Å². The Morgan fingerprint density at radius 3 is 2.32 bits per heavy atom. The lowest BCUT2D eigenvalue weighted by atomic mass is 10.3. The first kappa shape index (κ1) is 24.4. The molecule has 2 N–H and O–H groups in total. The molecule has 0 bridgehead atoms. The molecule has 0 saturated heterocycles. The molecule has 6 nitrogen and oxygen atoms in total. The summed E-state index contributed by atoms with van der Waals surface area (Å²) in [7, 11) is 3.37. The van der Waals surface area contributed by atoms with Gasteiger partial charge in [-0.25, -0.2) is 4.99 Å². The lowest BCUT2D eigenvalue weighted by Gasteiger charge is -2.14. The van der Waals surface area contributed by atoms with E-state index in [0.717, 1.165) is 0 Å². The van der Waals surface area contributed by atoms with Crippen LogP contribution in [0, 0.1) is 0 Å². The Morgan fingerprint density at radius 1 is 1.20 bits per heavy atom. The van der Waals surface area contributed by atoms with Crippen LogP contribution in [0.1, 0.15) is 6.92 Å². The van der Waals surface area contributed by atoms with Gasteiger partial charge in [0.05, 0.1) is 16.6 Å². The first-order valence-corrected chi connectivity index (χ1v) is 8.48. The van der Waals surface area contributed by atoms with Crippen molar-refractivity contribution in [1.29, 1.82) is 0 Å². The third kappa shape index (κ3) is 9.03. The van der Waals surface area contributed by atoms with Gasteiger partial charge in [-0.15, -0.1) is 24.0 Å². The highest BCUT2D eigenvalue weighted by atomic mass is 127. The number of guanidine groups is 1. The van der Waals surface area contributed by atoms with Gasteiger partial charge in [0.25, 0.3) is 0 Å². The van der Waals surface area contributed by atoms with Crippen molar-refractivity contribution in [2.75, 3.05) is 40.3 Å². The summed E-state index contributed by atoms with van der Waals surface area (Å²) in [5, 5.41) is 7.27. The van der Waals surface area contributed by atoms with Crippen LogP contribution in [0.15, 0.2) is 17.1 Å². The molecule has 10 heteroatoms. The molecule has 0 radical (unpaired) electrons. The molecule has 0 saturated carbocycles. The number of carbonyl (C=O) groups is 1. The third-order valence-electron chi connectivity index (χ3n) is 2.82. The third-order valence-corrected chi connectivity index (χ3v) is 3.60. The van der Waals surface area contributed by atoms with Crippen molar-refractivity contribution in [1.82, 2.24) is 15.5 Å². The zero-order chi connectivity index (χ0) is 18.1. The number of benzene rings is 1. The molecular formula is C15H22Cl3IN4O2. The highest BCUT2D eigenvalue weighted by Gasteiger charge is 2.09. The molecule has 0 aromatic heterocycles. The molecular weight excluding hydrogens is 501 g/mol. The van der Waals surface area contributed by atoms with Crippen molar-refractivity contribution in [3.8, 4) is 5.75 Å². The van der Waals surface area contributed by atoms with Gasteiger partial charge >= 0.3 is 0 Å². The van der Waals surface area contributed by atoms with E-state index in [1.165, 1.54) is 4.90 Å². The Labute approximate surface area is 180 Å². The van der Waals surface area contributed by atoms with Crippen LogP contribution < -0.4 is 15.4 Å². The number of nitrogens with zero attached hydrogens (tertiary/aromatic N) is 2. The number of hydrogen-bond acceptors (Lipinski definition) is 3.